The third-order valence-corrected chi connectivity index (χ3v) is 6.63. The maximum absolute atomic E-state index is 13.3. The standard InChI is InChI=1S/C26H32N4O6S/c27-19(13-16-5-2-1-3-6-16)23(32)29-21(15-37)25(34)30-12-4-7-22(30)24(33)28-20(26(35)36)14-17-8-10-18(31)11-9-17/h1-3,5-6,8-11,19-22,31,37H,4,7,12-15,27H2,(H,28,33)(H,29,32)(H,35,36). The third-order valence-electron chi connectivity index (χ3n) is 6.26. The van der Waals surface area contributed by atoms with Crippen molar-refractivity contribution in [3.05, 3.63) is 65.7 Å². The average Bonchev–Trinajstić information content (AvgIpc) is 3.38. The number of hydrogen-bond donors (Lipinski definition) is 6. The van der Waals surface area contributed by atoms with E-state index < -0.39 is 47.9 Å². The number of nitrogens with two attached hydrogens (primary N) is 1. The van der Waals surface area contributed by atoms with Crippen molar-refractivity contribution in [3.63, 3.8) is 0 Å². The molecule has 37 heavy (non-hydrogen) atoms. The van der Waals surface area contributed by atoms with E-state index in [0.717, 1.165) is 5.56 Å². The summed E-state index contributed by atoms with van der Waals surface area (Å²) in [5.41, 5.74) is 7.55. The van der Waals surface area contributed by atoms with Crippen LogP contribution in [0.2, 0.25) is 0 Å². The van der Waals surface area contributed by atoms with Gasteiger partial charge in [0.05, 0.1) is 6.04 Å². The second-order valence-electron chi connectivity index (χ2n) is 9.00. The smallest absolute Gasteiger partial charge is 0.326 e. The molecule has 6 N–H and O–H groups in total. The average molecular weight is 529 g/mol. The van der Waals surface area contributed by atoms with Gasteiger partial charge in [-0.1, -0.05) is 42.5 Å². The first kappa shape index (κ1) is 28.0. The number of nitrogens with zero attached hydrogens (tertiary/aromatic N) is 1. The maximum atomic E-state index is 13.3. The first-order valence-electron chi connectivity index (χ1n) is 12.0. The summed E-state index contributed by atoms with van der Waals surface area (Å²) in [6.07, 6.45) is 1.23. The van der Waals surface area contributed by atoms with Crippen LogP contribution >= 0.6 is 12.6 Å². The zero-order valence-electron chi connectivity index (χ0n) is 20.2. The van der Waals surface area contributed by atoms with Gasteiger partial charge in [0.1, 0.15) is 23.9 Å². The van der Waals surface area contributed by atoms with Crippen molar-refractivity contribution in [3.8, 4) is 5.75 Å². The molecule has 0 aromatic heterocycles. The van der Waals surface area contributed by atoms with Crippen molar-refractivity contribution in [1.82, 2.24) is 15.5 Å². The van der Waals surface area contributed by atoms with Gasteiger partial charge >= 0.3 is 5.97 Å². The quantitative estimate of drug-likeness (QED) is 0.231. The lowest BCUT2D eigenvalue weighted by Gasteiger charge is -2.29. The first-order chi connectivity index (χ1) is 17.7. The highest BCUT2D eigenvalue weighted by Gasteiger charge is 2.38. The van der Waals surface area contributed by atoms with E-state index in [2.05, 4.69) is 23.3 Å². The number of rotatable bonds is 11. The Bertz CT molecular complexity index is 1100. The molecule has 1 aliphatic rings. The number of phenols is 1. The Balaban J connectivity index is 1.62. The summed E-state index contributed by atoms with van der Waals surface area (Å²) in [5.74, 6) is -2.72. The molecule has 1 saturated heterocycles. The van der Waals surface area contributed by atoms with Crippen LogP contribution in [0, 0.1) is 0 Å². The molecule has 0 radical (unpaired) electrons. The summed E-state index contributed by atoms with van der Waals surface area (Å²) in [6.45, 7) is 0.294. The molecule has 0 aliphatic carbocycles. The number of carboxylic acids is 1. The summed E-state index contributed by atoms with van der Waals surface area (Å²) < 4.78 is 0. The summed E-state index contributed by atoms with van der Waals surface area (Å²) in [6, 6.07) is 11.3. The van der Waals surface area contributed by atoms with Crippen LogP contribution < -0.4 is 16.4 Å². The molecule has 11 heteroatoms. The molecule has 0 spiro atoms. The Kier molecular flexibility index (Phi) is 9.93. The molecule has 198 valence electrons. The number of thiol groups is 1. The van der Waals surface area contributed by atoms with Crippen LogP contribution in [0.3, 0.4) is 0 Å². The zero-order chi connectivity index (χ0) is 26.9. The molecule has 2 aromatic rings. The van der Waals surface area contributed by atoms with Crippen molar-refractivity contribution < 1.29 is 29.4 Å². The van der Waals surface area contributed by atoms with Crippen molar-refractivity contribution in [2.75, 3.05) is 12.3 Å². The van der Waals surface area contributed by atoms with E-state index in [1.165, 1.54) is 17.0 Å². The summed E-state index contributed by atoms with van der Waals surface area (Å²) in [4.78, 5) is 52.1. The molecule has 0 bridgehead atoms. The summed E-state index contributed by atoms with van der Waals surface area (Å²) in [5, 5.41) is 24.2. The number of hydrogen-bond acceptors (Lipinski definition) is 7. The molecule has 10 nitrogen and oxygen atoms in total. The number of benzene rings is 2. The number of likely N-dealkylation sites (tertiary alicyclic amines) is 1. The van der Waals surface area contributed by atoms with Gasteiger partial charge in [-0.15, -0.1) is 0 Å². The van der Waals surface area contributed by atoms with Gasteiger partial charge in [-0.05, 0) is 42.5 Å². The van der Waals surface area contributed by atoms with Crippen LogP contribution in [-0.2, 0) is 32.0 Å². The number of amides is 3. The van der Waals surface area contributed by atoms with Crippen LogP contribution in [0.5, 0.6) is 5.75 Å². The van der Waals surface area contributed by atoms with Gasteiger partial charge in [0.15, 0.2) is 0 Å². The molecule has 1 heterocycles. The molecular weight excluding hydrogens is 496 g/mol. The number of aliphatic carboxylic acids is 1. The molecule has 1 fully saturated rings. The largest absolute Gasteiger partial charge is 0.508 e. The summed E-state index contributed by atoms with van der Waals surface area (Å²) in [7, 11) is 0. The van der Waals surface area contributed by atoms with Crippen molar-refractivity contribution >= 4 is 36.3 Å². The molecule has 4 unspecified atom stereocenters. The fraction of sp³-hybridized carbons (Fsp3) is 0.385. The SMILES string of the molecule is NC(Cc1ccccc1)C(=O)NC(CS)C(=O)N1CCCC1C(=O)NC(Cc1ccc(O)cc1)C(=O)O. The Labute approximate surface area is 220 Å². The van der Waals surface area contributed by atoms with Crippen LogP contribution in [0.1, 0.15) is 24.0 Å². The van der Waals surface area contributed by atoms with Crippen LogP contribution in [-0.4, -0.2) is 75.3 Å². The van der Waals surface area contributed by atoms with Gasteiger partial charge in [0.2, 0.25) is 17.7 Å². The molecule has 0 saturated carbocycles. The van der Waals surface area contributed by atoms with Crippen LogP contribution in [0.4, 0.5) is 0 Å². The van der Waals surface area contributed by atoms with Crippen LogP contribution in [0.25, 0.3) is 0 Å². The van der Waals surface area contributed by atoms with Crippen molar-refractivity contribution in [2.45, 2.75) is 49.9 Å². The maximum Gasteiger partial charge on any atom is 0.326 e. The Hall–Kier alpha value is -3.57. The molecular formula is C26H32N4O6S. The second kappa shape index (κ2) is 13.1. The van der Waals surface area contributed by atoms with Gasteiger partial charge in [0, 0.05) is 18.7 Å². The molecule has 3 amide bonds. The lowest BCUT2D eigenvalue weighted by atomic mass is 10.0. The molecule has 1 aliphatic heterocycles. The van der Waals surface area contributed by atoms with E-state index in [-0.39, 0.29) is 17.9 Å². The monoisotopic (exact) mass is 528 g/mol. The Morgan fingerprint density at radius 2 is 1.62 bits per heavy atom. The van der Waals surface area contributed by atoms with Gasteiger partial charge in [0.25, 0.3) is 0 Å². The fourth-order valence-electron chi connectivity index (χ4n) is 4.26. The number of phenolic OH excluding ortho intramolecular Hbond substituents is 1. The van der Waals surface area contributed by atoms with Crippen molar-refractivity contribution in [1.29, 1.82) is 0 Å². The summed E-state index contributed by atoms with van der Waals surface area (Å²) >= 11 is 4.22. The number of aromatic hydroxyl groups is 1. The lowest BCUT2D eigenvalue weighted by Crippen LogP contribution is -2.57. The highest BCUT2D eigenvalue weighted by atomic mass is 32.1. The molecule has 4 atom stereocenters. The zero-order valence-corrected chi connectivity index (χ0v) is 21.1. The van der Waals surface area contributed by atoms with E-state index in [1.54, 1.807) is 12.1 Å². The van der Waals surface area contributed by atoms with E-state index in [4.69, 9.17) is 5.73 Å². The fourth-order valence-corrected chi connectivity index (χ4v) is 4.51. The number of carbonyl (C=O) groups is 4. The van der Waals surface area contributed by atoms with E-state index in [9.17, 15) is 29.4 Å². The Morgan fingerprint density at radius 3 is 2.24 bits per heavy atom. The van der Waals surface area contributed by atoms with Gasteiger partial charge < -0.3 is 31.5 Å². The normalized spacial score (nSPS) is 17.5. The van der Waals surface area contributed by atoms with Gasteiger partial charge in [-0.2, -0.15) is 12.6 Å². The van der Waals surface area contributed by atoms with E-state index in [0.29, 0.717) is 31.4 Å². The minimum absolute atomic E-state index is 0.00602. The van der Waals surface area contributed by atoms with Gasteiger partial charge in [-0.25, -0.2) is 4.79 Å². The van der Waals surface area contributed by atoms with E-state index >= 15 is 0 Å². The van der Waals surface area contributed by atoms with Gasteiger partial charge in [-0.3, -0.25) is 14.4 Å². The predicted octanol–water partition coefficient (Wildman–Crippen LogP) is 0.480. The minimum Gasteiger partial charge on any atom is -0.508 e. The minimum atomic E-state index is -1.22. The number of carboxylic acid groups (broad SMARTS) is 1. The lowest BCUT2D eigenvalue weighted by molar-refractivity contribution is -0.144. The highest BCUT2D eigenvalue weighted by Crippen LogP contribution is 2.20. The molecule has 2 aromatic carbocycles. The van der Waals surface area contributed by atoms with Crippen molar-refractivity contribution in [2.24, 2.45) is 5.73 Å². The van der Waals surface area contributed by atoms with Crippen LogP contribution in [0.15, 0.2) is 54.6 Å². The number of carbonyl (C=O) groups excluding carboxylic acids is 3. The van der Waals surface area contributed by atoms with E-state index in [1.807, 2.05) is 30.3 Å². The second-order valence-corrected chi connectivity index (χ2v) is 9.36. The first-order valence-corrected chi connectivity index (χ1v) is 12.6. The molecule has 3 rings (SSSR count). The number of nitrogens with one attached hydrogen (secondary N) is 2. The Morgan fingerprint density at radius 1 is 0.973 bits per heavy atom. The third kappa shape index (κ3) is 7.70. The highest BCUT2D eigenvalue weighted by molar-refractivity contribution is 7.80. The predicted molar refractivity (Wildman–Crippen MR) is 140 cm³/mol. The topological polar surface area (TPSA) is 162 Å².